The lowest BCUT2D eigenvalue weighted by atomic mass is 9.96. The number of hydrogen-bond acceptors (Lipinski definition) is 6. The number of aromatic carboxylic acids is 1. The number of hydrogen-bond donors (Lipinski definition) is 1. The molecule has 3 heterocycles. The highest BCUT2D eigenvalue weighted by molar-refractivity contribution is 5.88. The molecule has 1 saturated carbocycles. The van der Waals surface area contributed by atoms with Crippen molar-refractivity contribution < 1.29 is 19.1 Å². The number of carbonyl (C=O) groups is 1. The molecular weight excluding hydrogens is 482 g/mol. The van der Waals surface area contributed by atoms with Crippen LogP contribution in [0.2, 0.25) is 0 Å². The molecule has 38 heavy (non-hydrogen) atoms. The van der Waals surface area contributed by atoms with E-state index in [4.69, 9.17) is 14.1 Å². The Hall–Kier alpha value is -3.91. The summed E-state index contributed by atoms with van der Waals surface area (Å²) in [6.45, 7) is 1.47. The summed E-state index contributed by atoms with van der Waals surface area (Å²) in [6, 6.07) is 16.1. The van der Waals surface area contributed by atoms with Crippen LogP contribution in [0, 0.1) is 0 Å². The Bertz CT molecular complexity index is 1530. The number of benzene rings is 2. The fourth-order valence-electron chi connectivity index (χ4n) is 5.94. The van der Waals surface area contributed by atoms with Crippen molar-refractivity contribution in [3.63, 3.8) is 0 Å². The van der Waals surface area contributed by atoms with Gasteiger partial charge in [0, 0.05) is 37.7 Å². The minimum Gasteiger partial charge on any atom is -0.477 e. The van der Waals surface area contributed by atoms with Crippen LogP contribution < -0.4 is 10.3 Å². The molecule has 2 aliphatic rings. The van der Waals surface area contributed by atoms with Crippen LogP contribution in [0.25, 0.3) is 28.0 Å². The minimum absolute atomic E-state index is 0.225. The van der Waals surface area contributed by atoms with Gasteiger partial charge in [-0.05, 0) is 54.9 Å². The van der Waals surface area contributed by atoms with Crippen molar-refractivity contribution in [2.75, 3.05) is 25.2 Å². The average molecular weight is 514 g/mol. The molecule has 1 N–H and O–H groups in total. The van der Waals surface area contributed by atoms with Gasteiger partial charge in [-0.25, -0.2) is 4.79 Å². The highest BCUT2D eigenvalue weighted by Crippen LogP contribution is 2.35. The first-order chi connectivity index (χ1) is 18.5. The monoisotopic (exact) mass is 513 g/mol. The van der Waals surface area contributed by atoms with Crippen molar-refractivity contribution in [2.24, 2.45) is 0 Å². The molecule has 0 radical (unpaired) electrons. The van der Waals surface area contributed by atoms with Crippen LogP contribution in [0.3, 0.4) is 0 Å². The van der Waals surface area contributed by atoms with E-state index in [0.29, 0.717) is 41.0 Å². The van der Waals surface area contributed by atoms with E-state index in [9.17, 15) is 14.7 Å². The van der Waals surface area contributed by atoms with Crippen LogP contribution in [0.5, 0.6) is 0 Å². The maximum Gasteiger partial charge on any atom is 0.341 e. The molecule has 0 spiro atoms. The Morgan fingerprint density at radius 2 is 1.87 bits per heavy atom. The molecule has 1 unspecified atom stereocenters. The quantitative estimate of drug-likeness (QED) is 0.343. The van der Waals surface area contributed by atoms with Gasteiger partial charge in [-0.3, -0.25) is 4.79 Å². The number of carboxylic acid groups (broad SMARTS) is 1. The molecule has 196 valence electrons. The number of nitrogens with zero attached hydrogens (tertiary/aromatic N) is 3. The molecule has 1 aliphatic heterocycles. The molecule has 8 heteroatoms. The van der Waals surface area contributed by atoms with Crippen molar-refractivity contribution in [3.8, 4) is 16.9 Å². The van der Waals surface area contributed by atoms with E-state index < -0.39 is 11.4 Å². The predicted octanol–water partition coefficient (Wildman–Crippen LogP) is 5.62. The van der Waals surface area contributed by atoms with Gasteiger partial charge >= 0.3 is 5.97 Å². The zero-order valence-corrected chi connectivity index (χ0v) is 21.4. The number of pyridine rings is 1. The van der Waals surface area contributed by atoms with E-state index in [1.54, 1.807) is 11.7 Å². The van der Waals surface area contributed by atoms with Gasteiger partial charge in [0.15, 0.2) is 11.0 Å². The Morgan fingerprint density at radius 1 is 1.08 bits per heavy atom. The molecule has 8 nitrogen and oxygen atoms in total. The van der Waals surface area contributed by atoms with E-state index in [1.807, 2.05) is 30.3 Å². The van der Waals surface area contributed by atoms with Crippen molar-refractivity contribution in [1.29, 1.82) is 0 Å². The van der Waals surface area contributed by atoms with Gasteiger partial charge in [-0.15, -0.1) is 0 Å². The number of aromatic nitrogens is 2. The van der Waals surface area contributed by atoms with E-state index in [1.165, 1.54) is 43.5 Å². The Morgan fingerprint density at radius 3 is 2.61 bits per heavy atom. The van der Waals surface area contributed by atoms with Gasteiger partial charge in [0.05, 0.1) is 18.3 Å². The van der Waals surface area contributed by atoms with Gasteiger partial charge in [-0.2, -0.15) is 4.98 Å². The van der Waals surface area contributed by atoms with Crippen molar-refractivity contribution in [3.05, 3.63) is 76.1 Å². The highest BCUT2D eigenvalue weighted by atomic mass is 16.5. The Labute approximate surface area is 220 Å². The molecule has 0 bridgehead atoms. The second-order valence-electron chi connectivity index (χ2n) is 10.3. The number of oxazole rings is 1. The van der Waals surface area contributed by atoms with Gasteiger partial charge in [0.25, 0.3) is 6.01 Å². The molecule has 6 rings (SSSR count). The fourth-order valence-corrected chi connectivity index (χ4v) is 5.94. The summed E-state index contributed by atoms with van der Waals surface area (Å²) in [5.74, 6) is -0.670. The van der Waals surface area contributed by atoms with Gasteiger partial charge < -0.3 is 23.7 Å². The largest absolute Gasteiger partial charge is 0.477 e. The van der Waals surface area contributed by atoms with Crippen molar-refractivity contribution >= 4 is 23.1 Å². The summed E-state index contributed by atoms with van der Waals surface area (Å²) >= 11 is 0. The number of carboxylic acids is 1. The van der Waals surface area contributed by atoms with Crippen molar-refractivity contribution in [1.82, 2.24) is 9.55 Å². The zero-order chi connectivity index (χ0) is 26.2. The summed E-state index contributed by atoms with van der Waals surface area (Å²) in [5.41, 5.74) is 3.97. The van der Waals surface area contributed by atoms with E-state index in [-0.39, 0.29) is 11.6 Å². The number of fused-ring (bicyclic) bond motifs is 1. The first-order valence-corrected chi connectivity index (χ1v) is 13.3. The summed E-state index contributed by atoms with van der Waals surface area (Å²) in [4.78, 5) is 31.4. The number of anilines is 1. The maximum absolute atomic E-state index is 12.7. The Balaban J connectivity index is 1.41. The Kier molecular flexibility index (Phi) is 6.49. The van der Waals surface area contributed by atoms with Crippen LogP contribution in [0.1, 0.15) is 60.4 Å². The van der Waals surface area contributed by atoms with Crippen LogP contribution in [-0.4, -0.2) is 46.9 Å². The lowest BCUT2D eigenvalue weighted by molar-refractivity contribution is 0.0695. The first-order valence-electron chi connectivity index (χ1n) is 13.3. The molecule has 2 aromatic carbocycles. The fraction of sp³-hybridized carbons (Fsp3) is 0.367. The SMILES string of the molecule is COCC1CCCN1c1nc2ccc(-n3cc(C(=O)O)c(=O)cc3-c3ccc(C4CCCC4)cc3)cc2o1. The zero-order valence-electron chi connectivity index (χ0n) is 21.4. The lowest BCUT2D eigenvalue weighted by Gasteiger charge is -2.21. The van der Waals surface area contributed by atoms with E-state index in [2.05, 4.69) is 17.0 Å². The second-order valence-corrected chi connectivity index (χ2v) is 10.3. The third kappa shape index (κ3) is 4.49. The molecular formula is C30H31N3O5. The first kappa shape index (κ1) is 24.4. The molecule has 1 aliphatic carbocycles. The standard InChI is InChI=1S/C30H31N3O5/c1-37-18-23-7-4-14-32(23)30-31-25-13-12-22(15-28(25)38-30)33-17-24(29(35)36)27(34)16-26(33)21-10-8-20(9-11-21)19-5-2-3-6-19/h8-13,15-17,19,23H,2-7,14,18H2,1H3,(H,35,36). The average Bonchev–Trinajstić information content (AvgIpc) is 3.69. The van der Waals surface area contributed by atoms with Gasteiger partial charge in [0.1, 0.15) is 11.1 Å². The third-order valence-electron chi connectivity index (χ3n) is 7.94. The summed E-state index contributed by atoms with van der Waals surface area (Å²) in [7, 11) is 1.70. The van der Waals surface area contributed by atoms with Crippen LogP contribution in [-0.2, 0) is 4.74 Å². The lowest BCUT2D eigenvalue weighted by Crippen LogP contribution is -2.32. The molecule has 1 saturated heterocycles. The molecule has 1 atom stereocenters. The normalized spacial score (nSPS) is 18.0. The predicted molar refractivity (Wildman–Crippen MR) is 145 cm³/mol. The van der Waals surface area contributed by atoms with Gasteiger partial charge in [-0.1, -0.05) is 37.1 Å². The minimum atomic E-state index is -1.26. The summed E-state index contributed by atoms with van der Waals surface area (Å²) in [6.07, 6.45) is 8.42. The maximum atomic E-state index is 12.7. The molecule has 4 aromatic rings. The smallest absolute Gasteiger partial charge is 0.341 e. The number of ether oxygens (including phenoxy) is 1. The molecule has 2 fully saturated rings. The van der Waals surface area contributed by atoms with Crippen molar-refractivity contribution in [2.45, 2.75) is 50.5 Å². The van der Waals surface area contributed by atoms with Crippen LogP contribution in [0.4, 0.5) is 6.01 Å². The summed E-state index contributed by atoms with van der Waals surface area (Å²) in [5, 5.41) is 9.66. The van der Waals surface area contributed by atoms with E-state index >= 15 is 0 Å². The highest BCUT2D eigenvalue weighted by Gasteiger charge is 2.28. The topological polar surface area (TPSA) is 97.8 Å². The number of rotatable bonds is 7. The van der Waals surface area contributed by atoms with Crippen LogP contribution in [0.15, 0.2) is 63.9 Å². The number of methoxy groups -OCH3 is 1. The van der Waals surface area contributed by atoms with E-state index in [0.717, 1.165) is 24.9 Å². The summed E-state index contributed by atoms with van der Waals surface area (Å²) < 4.78 is 13.3. The molecule has 2 aromatic heterocycles. The molecule has 0 amide bonds. The van der Waals surface area contributed by atoms with Crippen LogP contribution >= 0.6 is 0 Å². The third-order valence-corrected chi connectivity index (χ3v) is 7.94. The second kappa shape index (κ2) is 10.1. The van der Waals surface area contributed by atoms with Gasteiger partial charge in [0.2, 0.25) is 0 Å².